The Balaban J connectivity index is 2.56. The number of hydrogen-bond acceptors (Lipinski definition) is 12. The first-order chi connectivity index (χ1) is 15.1. The summed E-state index contributed by atoms with van der Waals surface area (Å²) >= 11 is 0. The molecule has 0 bridgehead atoms. The summed E-state index contributed by atoms with van der Waals surface area (Å²) in [7, 11) is 1.07. The van der Waals surface area contributed by atoms with Crippen molar-refractivity contribution >= 4 is 29.6 Å². The van der Waals surface area contributed by atoms with Crippen LogP contribution in [0.1, 0.15) is 26.3 Å². The quantitative estimate of drug-likeness (QED) is 0.355. The average molecular weight is 450 g/mol. The van der Waals surface area contributed by atoms with E-state index in [0.29, 0.717) is 0 Å². The number of carbonyl (C=O) groups is 4. The van der Waals surface area contributed by atoms with Gasteiger partial charge in [-0.3, -0.25) is 14.4 Å². The molecule has 0 radical (unpaired) electrons. The number of nitriles is 1. The lowest BCUT2D eigenvalue weighted by atomic mass is 9.97. The van der Waals surface area contributed by atoms with Gasteiger partial charge in [0.2, 0.25) is 12.4 Å². The van der Waals surface area contributed by atoms with Crippen molar-refractivity contribution in [2.75, 3.05) is 12.8 Å². The number of nitrogens with zero attached hydrogens (tertiary/aromatic N) is 1. The molecule has 0 amide bonds. The van der Waals surface area contributed by atoms with Gasteiger partial charge < -0.3 is 34.2 Å². The van der Waals surface area contributed by atoms with Gasteiger partial charge in [-0.2, -0.15) is 5.26 Å². The molecule has 1 heterocycles. The van der Waals surface area contributed by atoms with Crippen molar-refractivity contribution in [2.24, 2.45) is 0 Å². The lowest BCUT2D eigenvalue weighted by molar-refractivity contribution is -0.282. The van der Waals surface area contributed by atoms with Gasteiger partial charge in [-0.25, -0.2) is 4.79 Å². The Hall–Kier alpha value is -3.85. The topological polar surface area (TPSA) is 173 Å². The first kappa shape index (κ1) is 24.4. The van der Waals surface area contributed by atoms with E-state index < -0.39 is 54.6 Å². The van der Waals surface area contributed by atoms with Crippen LogP contribution in [-0.4, -0.2) is 61.7 Å². The third-order valence-electron chi connectivity index (χ3n) is 4.26. The van der Waals surface area contributed by atoms with E-state index in [-0.39, 0.29) is 17.0 Å². The largest absolute Gasteiger partial charge is 0.467 e. The standard InChI is InChI=1S/C20H22N2O10/c1-9(23)28-15-16(29-10(2)24)18(30-11(3)25)20(32-17(15)19(26)27-4)31-13-7-5-6-12(8-21)14(13)22/h5-7,15-18,20H,22H2,1-4H3/t15-,16-,17-,18+,20+/m0/s1. The van der Waals surface area contributed by atoms with Gasteiger partial charge in [0.05, 0.1) is 18.4 Å². The fourth-order valence-corrected chi connectivity index (χ4v) is 3.04. The van der Waals surface area contributed by atoms with Crippen molar-refractivity contribution in [1.82, 2.24) is 0 Å². The number of rotatable bonds is 6. The fraction of sp³-hybridized carbons (Fsp3) is 0.450. The molecule has 1 aromatic rings. The van der Waals surface area contributed by atoms with E-state index in [2.05, 4.69) is 0 Å². The van der Waals surface area contributed by atoms with E-state index in [0.717, 1.165) is 27.9 Å². The molecular formula is C20H22N2O10. The summed E-state index contributed by atoms with van der Waals surface area (Å²) < 4.78 is 31.7. The highest BCUT2D eigenvalue weighted by Gasteiger charge is 2.55. The Kier molecular flexibility index (Phi) is 7.97. The second-order valence-electron chi connectivity index (χ2n) is 6.62. The van der Waals surface area contributed by atoms with Crippen LogP contribution in [0.5, 0.6) is 5.75 Å². The number of benzene rings is 1. The molecule has 1 aliphatic rings. The Labute approximate surface area is 183 Å². The zero-order chi connectivity index (χ0) is 24.0. The van der Waals surface area contributed by atoms with Crippen LogP contribution in [0, 0.1) is 11.3 Å². The highest BCUT2D eigenvalue weighted by Crippen LogP contribution is 2.33. The average Bonchev–Trinajstić information content (AvgIpc) is 2.71. The molecule has 2 rings (SSSR count). The van der Waals surface area contributed by atoms with Crippen LogP contribution in [0.3, 0.4) is 0 Å². The van der Waals surface area contributed by atoms with E-state index in [1.54, 1.807) is 0 Å². The van der Waals surface area contributed by atoms with Crippen LogP contribution in [0.25, 0.3) is 0 Å². The van der Waals surface area contributed by atoms with Gasteiger partial charge in [0, 0.05) is 20.8 Å². The van der Waals surface area contributed by atoms with E-state index in [9.17, 15) is 24.4 Å². The van der Waals surface area contributed by atoms with Crippen molar-refractivity contribution in [3.63, 3.8) is 0 Å². The molecule has 0 aliphatic carbocycles. The van der Waals surface area contributed by atoms with Gasteiger partial charge in [0.25, 0.3) is 0 Å². The van der Waals surface area contributed by atoms with E-state index in [1.165, 1.54) is 18.2 Å². The van der Waals surface area contributed by atoms with Crippen LogP contribution in [0.15, 0.2) is 18.2 Å². The number of nitrogen functional groups attached to an aromatic ring is 1. The molecule has 12 heteroatoms. The monoisotopic (exact) mass is 450 g/mol. The van der Waals surface area contributed by atoms with E-state index in [1.807, 2.05) is 6.07 Å². The van der Waals surface area contributed by atoms with Crippen molar-refractivity contribution in [3.05, 3.63) is 23.8 Å². The molecule has 5 atom stereocenters. The molecule has 0 unspecified atom stereocenters. The second kappa shape index (κ2) is 10.5. The predicted molar refractivity (Wildman–Crippen MR) is 104 cm³/mol. The zero-order valence-electron chi connectivity index (χ0n) is 17.7. The van der Waals surface area contributed by atoms with Crippen molar-refractivity contribution in [2.45, 2.75) is 51.5 Å². The van der Waals surface area contributed by atoms with Gasteiger partial charge >= 0.3 is 23.9 Å². The maximum atomic E-state index is 12.4. The molecule has 1 aliphatic heterocycles. The maximum Gasteiger partial charge on any atom is 0.339 e. The van der Waals surface area contributed by atoms with Crippen molar-refractivity contribution < 1.29 is 47.6 Å². The Bertz CT molecular complexity index is 941. The number of methoxy groups -OCH3 is 1. The minimum atomic E-state index is -1.61. The fourth-order valence-electron chi connectivity index (χ4n) is 3.04. The normalized spacial score (nSPS) is 24.4. The molecule has 1 aromatic carbocycles. The molecule has 2 N–H and O–H groups in total. The Morgan fingerprint density at radius 2 is 1.53 bits per heavy atom. The SMILES string of the molecule is COC(=O)[C@H]1O[C@@H](Oc2cccc(C#N)c2N)[C@H](OC(C)=O)[C@@H](OC(C)=O)[C@@H]1OC(C)=O. The number of carbonyl (C=O) groups excluding carboxylic acids is 4. The minimum absolute atomic E-state index is 0.0256. The van der Waals surface area contributed by atoms with Crippen LogP contribution in [0.4, 0.5) is 5.69 Å². The summed E-state index contributed by atoms with van der Waals surface area (Å²) in [5.74, 6) is -3.44. The van der Waals surface area contributed by atoms with E-state index in [4.69, 9.17) is 34.2 Å². The van der Waals surface area contributed by atoms with E-state index >= 15 is 0 Å². The number of hydrogen-bond donors (Lipinski definition) is 1. The predicted octanol–water partition coefficient (Wildman–Crippen LogP) is 0.212. The molecule has 1 fully saturated rings. The lowest BCUT2D eigenvalue weighted by Crippen LogP contribution is -2.64. The van der Waals surface area contributed by atoms with Gasteiger partial charge in [0.1, 0.15) is 11.8 Å². The third-order valence-corrected chi connectivity index (χ3v) is 4.26. The number of esters is 4. The number of nitrogens with two attached hydrogens (primary N) is 1. The molecule has 0 spiro atoms. The molecular weight excluding hydrogens is 428 g/mol. The van der Waals surface area contributed by atoms with Gasteiger partial charge in [-0.1, -0.05) is 6.07 Å². The van der Waals surface area contributed by atoms with Gasteiger partial charge in [-0.05, 0) is 12.1 Å². The van der Waals surface area contributed by atoms with Crippen LogP contribution in [0.2, 0.25) is 0 Å². The minimum Gasteiger partial charge on any atom is -0.467 e. The summed E-state index contributed by atoms with van der Waals surface area (Å²) in [6.45, 7) is 3.22. The highest BCUT2D eigenvalue weighted by atomic mass is 16.7. The molecule has 172 valence electrons. The van der Waals surface area contributed by atoms with Crippen molar-refractivity contribution in [1.29, 1.82) is 5.26 Å². The second-order valence-corrected chi connectivity index (χ2v) is 6.62. The Morgan fingerprint density at radius 1 is 0.969 bits per heavy atom. The molecule has 1 saturated heterocycles. The number of anilines is 1. The van der Waals surface area contributed by atoms with Crippen LogP contribution < -0.4 is 10.5 Å². The molecule has 0 saturated carbocycles. The summed E-state index contributed by atoms with van der Waals surface area (Å²) in [5, 5.41) is 9.17. The van der Waals surface area contributed by atoms with Gasteiger partial charge in [0.15, 0.2) is 18.3 Å². The smallest absolute Gasteiger partial charge is 0.339 e. The number of para-hydroxylation sites is 1. The van der Waals surface area contributed by atoms with Crippen LogP contribution in [-0.2, 0) is 42.9 Å². The lowest BCUT2D eigenvalue weighted by Gasteiger charge is -2.43. The number of ether oxygens (including phenoxy) is 6. The summed E-state index contributed by atoms with van der Waals surface area (Å²) in [4.78, 5) is 47.6. The highest BCUT2D eigenvalue weighted by molar-refractivity contribution is 5.77. The molecule has 32 heavy (non-hydrogen) atoms. The first-order valence-electron chi connectivity index (χ1n) is 9.29. The van der Waals surface area contributed by atoms with Crippen molar-refractivity contribution in [3.8, 4) is 11.8 Å². The maximum absolute atomic E-state index is 12.4. The van der Waals surface area contributed by atoms with Crippen LogP contribution >= 0.6 is 0 Å². The summed E-state index contributed by atoms with van der Waals surface area (Å²) in [6.07, 6.45) is -7.66. The zero-order valence-corrected chi connectivity index (χ0v) is 17.7. The van der Waals surface area contributed by atoms with Gasteiger partial charge in [-0.15, -0.1) is 0 Å². The Morgan fingerprint density at radius 3 is 2.06 bits per heavy atom. The summed E-state index contributed by atoms with van der Waals surface area (Å²) in [6, 6.07) is 6.23. The molecule has 12 nitrogen and oxygen atoms in total. The first-order valence-corrected chi connectivity index (χ1v) is 9.29. The molecule has 0 aromatic heterocycles. The third kappa shape index (κ3) is 5.64. The summed E-state index contributed by atoms with van der Waals surface area (Å²) in [5.41, 5.74) is 5.99.